The van der Waals surface area contributed by atoms with Crippen molar-refractivity contribution in [1.29, 1.82) is 0 Å². The normalized spacial score (nSPS) is 11.4. The molecule has 0 fully saturated rings. The van der Waals surface area contributed by atoms with Crippen LogP contribution in [0.5, 0.6) is 0 Å². The number of furan rings is 1. The van der Waals surface area contributed by atoms with Crippen molar-refractivity contribution < 1.29 is 13.6 Å². The number of primary amides is 1. The number of hydrogen-bond acceptors (Lipinski definition) is 5. The molecule has 8 heteroatoms. The monoisotopic (exact) mass is 381 g/mol. The van der Waals surface area contributed by atoms with E-state index in [4.69, 9.17) is 14.6 Å². The van der Waals surface area contributed by atoms with E-state index in [0.29, 0.717) is 37.2 Å². The lowest BCUT2D eigenvalue weighted by Gasteiger charge is -2.09. The first-order valence-electron chi connectivity index (χ1n) is 8.97. The van der Waals surface area contributed by atoms with Crippen LogP contribution in [0.25, 0.3) is 11.5 Å². The average molecular weight is 381 g/mol. The SMILES string of the molecule is CCNC(=NCc1coc(-c2ccc(C)cc2)n1)NCc1ccc(C(N)=O)o1. The molecule has 1 amide bonds. The number of carbonyl (C=O) groups is 1. The molecule has 28 heavy (non-hydrogen) atoms. The maximum atomic E-state index is 11.1. The minimum absolute atomic E-state index is 0.130. The fourth-order valence-corrected chi connectivity index (χ4v) is 2.49. The molecule has 8 nitrogen and oxygen atoms in total. The van der Waals surface area contributed by atoms with Crippen LogP contribution < -0.4 is 16.4 Å². The van der Waals surface area contributed by atoms with Crippen LogP contribution in [0.1, 0.15) is 34.5 Å². The molecule has 0 aliphatic heterocycles. The van der Waals surface area contributed by atoms with Gasteiger partial charge in [-0.3, -0.25) is 4.79 Å². The maximum Gasteiger partial charge on any atom is 0.284 e. The van der Waals surface area contributed by atoms with Crippen LogP contribution in [0.2, 0.25) is 0 Å². The lowest BCUT2D eigenvalue weighted by atomic mass is 10.1. The van der Waals surface area contributed by atoms with Crippen molar-refractivity contribution in [3.05, 3.63) is 65.4 Å². The number of carbonyl (C=O) groups excluding carboxylic acids is 1. The number of aryl methyl sites for hydroxylation is 1. The van der Waals surface area contributed by atoms with E-state index >= 15 is 0 Å². The zero-order valence-electron chi connectivity index (χ0n) is 15.9. The molecule has 2 heterocycles. The van der Waals surface area contributed by atoms with Crippen LogP contribution in [0, 0.1) is 6.92 Å². The molecule has 0 aliphatic carbocycles. The molecule has 0 radical (unpaired) electrons. The third kappa shape index (κ3) is 5.00. The van der Waals surface area contributed by atoms with Gasteiger partial charge in [0.1, 0.15) is 17.7 Å². The summed E-state index contributed by atoms with van der Waals surface area (Å²) in [6.07, 6.45) is 1.61. The van der Waals surface area contributed by atoms with E-state index in [0.717, 1.165) is 11.3 Å². The number of guanidine groups is 1. The molecule has 2 aromatic heterocycles. The van der Waals surface area contributed by atoms with E-state index in [1.54, 1.807) is 18.4 Å². The van der Waals surface area contributed by atoms with Crippen molar-refractivity contribution in [2.75, 3.05) is 6.54 Å². The first-order chi connectivity index (χ1) is 13.5. The number of aliphatic imine (C=N–C) groups is 1. The van der Waals surface area contributed by atoms with E-state index in [2.05, 4.69) is 20.6 Å². The topological polar surface area (TPSA) is 119 Å². The van der Waals surface area contributed by atoms with Gasteiger partial charge < -0.3 is 25.2 Å². The second kappa shape index (κ2) is 8.90. The Hall–Kier alpha value is -3.55. The molecule has 4 N–H and O–H groups in total. The van der Waals surface area contributed by atoms with Gasteiger partial charge in [0.2, 0.25) is 5.89 Å². The molecule has 0 saturated heterocycles. The van der Waals surface area contributed by atoms with Crippen molar-refractivity contribution in [3.63, 3.8) is 0 Å². The predicted molar refractivity (Wildman–Crippen MR) is 106 cm³/mol. The van der Waals surface area contributed by atoms with Crippen LogP contribution >= 0.6 is 0 Å². The lowest BCUT2D eigenvalue weighted by molar-refractivity contribution is 0.0972. The second-order valence-corrected chi connectivity index (χ2v) is 6.19. The Morgan fingerprint density at radius 2 is 1.96 bits per heavy atom. The quantitative estimate of drug-likeness (QED) is 0.428. The molecule has 3 aromatic rings. The zero-order valence-corrected chi connectivity index (χ0v) is 15.9. The molecular weight excluding hydrogens is 358 g/mol. The van der Waals surface area contributed by atoms with E-state index in [1.165, 1.54) is 5.56 Å². The Kier molecular flexibility index (Phi) is 6.11. The Bertz CT molecular complexity index is 956. The van der Waals surface area contributed by atoms with Gasteiger partial charge in [0.05, 0.1) is 13.1 Å². The largest absolute Gasteiger partial charge is 0.454 e. The van der Waals surface area contributed by atoms with Gasteiger partial charge in [-0.2, -0.15) is 0 Å². The average Bonchev–Trinajstić information content (AvgIpc) is 3.34. The zero-order chi connectivity index (χ0) is 19.9. The first kappa shape index (κ1) is 19.2. The number of aromatic nitrogens is 1. The number of hydrogen-bond donors (Lipinski definition) is 3. The molecule has 0 unspecified atom stereocenters. The van der Waals surface area contributed by atoms with E-state index in [1.807, 2.05) is 38.1 Å². The van der Waals surface area contributed by atoms with Gasteiger partial charge >= 0.3 is 0 Å². The van der Waals surface area contributed by atoms with Crippen molar-refractivity contribution in [1.82, 2.24) is 15.6 Å². The van der Waals surface area contributed by atoms with Crippen molar-refractivity contribution >= 4 is 11.9 Å². The smallest absolute Gasteiger partial charge is 0.284 e. The summed E-state index contributed by atoms with van der Waals surface area (Å²) in [5, 5.41) is 6.28. The Balaban J connectivity index is 1.62. The highest BCUT2D eigenvalue weighted by Gasteiger charge is 2.09. The summed E-state index contributed by atoms with van der Waals surface area (Å²) >= 11 is 0. The van der Waals surface area contributed by atoms with Gasteiger partial charge in [0.15, 0.2) is 11.7 Å². The summed E-state index contributed by atoms with van der Waals surface area (Å²) in [4.78, 5) is 20.1. The van der Waals surface area contributed by atoms with Crippen LogP contribution in [0.3, 0.4) is 0 Å². The Morgan fingerprint density at radius 3 is 2.64 bits per heavy atom. The molecule has 0 aliphatic rings. The summed E-state index contributed by atoms with van der Waals surface area (Å²) in [6, 6.07) is 11.2. The number of benzene rings is 1. The molecule has 0 spiro atoms. The van der Waals surface area contributed by atoms with Crippen LogP contribution in [0.15, 0.2) is 56.5 Å². The van der Waals surface area contributed by atoms with Gasteiger partial charge in [0.25, 0.3) is 5.91 Å². The second-order valence-electron chi connectivity index (χ2n) is 6.19. The number of oxazole rings is 1. The summed E-state index contributed by atoms with van der Waals surface area (Å²) < 4.78 is 10.9. The van der Waals surface area contributed by atoms with Gasteiger partial charge in [0, 0.05) is 12.1 Å². The van der Waals surface area contributed by atoms with E-state index in [9.17, 15) is 4.79 Å². The molecule has 0 saturated carbocycles. The molecule has 146 valence electrons. The fraction of sp³-hybridized carbons (Fsp3) is 0.250. The minimum atomic E-state index is -0.595. The van der Waals surface area contributed by atoms with Gasteiger partial charge in [-0.25, -0.2) is 9.98 Å². The van der Waals surface area contributed by atoms with E-state index in [-0.39, 0.29) is 5.76 Å². The highest BCUT2D eigenvalue weighted by atomic mass is 16.4. The van der Waals surface area contributed by atoms with Crippen LogP contribution in [-0.2, 0) is 13.1 Å². The third-order valence-corrected chi connectivity index (χ3v) is 3.93. The molecule has 3 rings (SSSR count). The number of nitrogens with two attached hydrogens (primary N) is 1. The highest BCUT2D eigenvalue weighted by Crippen LogP contribution is 2.19. The summed E-state index contributed by atoms with van der Waals surface area (Å²) in [6.45, 7) is 5.43. The van der Waals surface area contributed by atoms with Crippen LogP contribution in [-0.4, -0.2) is 23.4 Å². The van der Waals surface area contributed by atoms with Crippen LogP contribution in [0.4, 0.5) is 0 Å². The lowest BCUT2D eigenvalue weighted by Crippen LogP contribution is -2.36. The first-order valence-corrected chi connectivity index (χ1v) is 8.97. The molecule has 1 aromatic carbocycles. The van der Waals surface area contributed by atoms with Crippen molar-refractivity contribution in [2.45, 2.75) is 26.9 Å². The van der Waals surface area contributed by atoms with Crippen molar-refractivity contribution in [2.24, 2.45) is 10.7 Å². The number of amides is 1. The van der Waals surface area contributed by atoms with Gasteiger partial charge in [-0.15, -0.1) is 0 Å². The number of rotatable bonds is 7. The Labute approximate surface area is 162 Å². The maximum absolute atomic E-state index is 11.1. The predicted octanol–water partition coefficient (Wildman–Crippen LogP) is 2.60. The van der Waals surface area contributed by atoms with Crippen molar-refractivity contribution in [3.8, 4) is 11.5 Å². The number of nitrogens with one attached hydrogen (secondary N) is 2. The van der Waals surface area contributed by atoms with Gasteiger partial charge in [-0.05, 0) is 38.1 Å². The fourth-order valence-electron chi connectivity index (χ4n) is 2.49. The van der Waals surface area contributed by atoms with E-state index < -0.39 is 5.91 Å². The molecule has 0 atom stereocenters. The minimum Gasteiger partial charge on any atom is -0.454 e. The summed E-state index contributed by atoms with van der Waals surface area (Å²) in [5.41, 5.74) is 8.02. The number of nitrogens with zero attached hydrogens (tertiary/aromatic N) is 2. The Morgan fingerprint density at radius 1 is 1.18 bits per heavy atom. The standard InChI is InChI=1S/C20H23N5O3/c1-3-22-20(24-11-16-8-9-17(28-16)18(21)26)23-10-15-12-27-19(25-15)14-6-4-13(2)5-7-14/h4-9,12H,3,10-11H2,1-2H3,(H2,21,26)(H2,22,23,24). The molecular formula is C20H23N5O3. The molecule has 0 bridgehead atoms. The van der Waals surface area contributed by atoms with Gasteiger partial charge in [-0.1, -0.05) is 17.7 Å². The summed E-state index contributed by atoms with van der Waals surface area (Å²) in [7, 11) is 0. The third-order valence-electron chi connectivity index (χ3n) is 3.93. The highest BCUT2D eigenvalue weighted by molar-refractivity contribution is 5.89. The summed E-state index contributed by atoms with van der Waals surface area (Å²) in [5.74, 6) is 1.28.